The van der Waals surface area contributed by atoms with Gasteiger partial charge in [0, 0.05) is 44.4 Å². The van der Waals surface area contributed by atoms with Gasteiger partial charge in [-0.3, -0.25) is 23.7 Å². The number of hydrogen-bond donors (Lipinski definition) is 3. The number of nitrogens with one attached hydrogen (secondary N) is 1. The third-order valence-electron chi connectivity index (χ3n) is 8.26. The molecular formula is C31H35N4O7P. The molecule has 2 saturated heterocycles. The van der Waals surface area contributed by atoms with Crippen LogP contribution in [0.3, 0.4) is 0 Å². The number of carbonyl (C=O) groups is 4. The van der Waals surface area contributed by atoms with Crippen molar-refractivity contribution in [3.8, 4) is 0 Å². The fourth-order valence-electron chi connectivity index (χ4n) is 6.03. The van der Waals surface area contributed by atoms with Gasteiger partial charge < -0.3 is 29.8 Å². The summed E-state index contributed by atoms with van der Waals surface area (Å²) in [6.45, 7) is 1.79. The van der Waals surface area contributed by atoms with Gasteiger partial charge in [-0.25, -0.2) is 0 Å². The third kappa shape index (κ3) is 6.80. The van der Waals surface area contributed by atoms with Gasteiger partial charge in [0.15, 0.2) is 0 Å². The highest BCUT2D eigenvalue weighted by Gasteiger charge is 2.46. The van der Waals surface area contributed by atoms with E-state index in [1.807, 2.05) is 30.3 Å². The molecule has 2 aliphatic rings. The van der Waals surface area contributed by atoms with Gasteiger partial charge in [-0.2, -0.15) is 0 Å². The molecule has 3 aromatic carbocycles. The summed E-state index contributed by atoms with van der Waals surface area (Å²) < 4.78 is 11.5. The molecule has 3 aromatic rings. The van der Waals surface area contributed by atoms with E-state index < -0.39 is 37.7 Å². The second-order valence-corrected chi connectivity index (χ2v) is 12.9. The van der Waals surface area contributed by atoms with Crippen LogP contribution < -0.4 is 10.2 Å². The molecule has 3 atom stereocenters. The van der Waals surface area contributed by atoms with Crippen molar-refractivity contribution < 1.29 is 33.5 Å². The van der Waals surface area contributed by atoms with Crippen LogP contribution in [-0.4, -0.2) is 81.5 Å². The van der Waals surface area contributed by atoms with Gasteiger partial charge in [-0.05, 0) is 59.9 Å². The van der Waals surface area contributed by atoms with Crippen molar-refractivity contribution in [3.63, 3.8) is 0 Å². The van der Waals surface area contributed by atoms with Crippen molar-refractivity contribution >= 4 is 47.7 Å². The largest absolute Gasteiger partial charge is 0.340 e. The van der Waals surface area contributed by atoms with Gasteiger partial charge >= 0.3 is 7.60 Å². The quantitative estimate of drug-likeness (QED) is 0.366. The van der Waals surface area contributed by atoms with E-state index in [9.17, 15) is 33.5 Å². The van der Waals surface area contributed by atoms with Crippen LogP contribution in [0.2, 0.25) is 0 Å². The van der Waals surface area contributed by atoms with E-state index in [2.05, 4.69) is 5.32 Å². The van der Waals surface area contributed by atoms with Crippen LogP contribution in [-0.2, 0) is 25.1 Å². The minimum Gasteiger partial charge on any atom is -0.340 e. The van der Waals surface area contributed by atoms with Crippen LogP contribution in [0.1, 0.15) is 42.1 Å². The van der Waals surface area contributed by atoms with Crippen molar-refractivity contribution in [1.29, 1.82) is 0 Å². The van der Waals surface area contributed by atoms with Gasteiger partial charge in [0.25, 0.3) is 5.91 Å². The fraction of sp³-hybridized carbons (Fsp3) is 0.355. The van der Waals surface area contributed by atoms with Crippen LogP contribution in [0.5, 0.6) is 0 Å². The van der Waals surface area contributed by atoms with Crippen molar-refractivity contribution in [2.24, 2.45) is 0 Å². The molecule has 43 heavy (non-hydrogen) atoms. The number of likely N-dealkylation sites (N-methyl/N-ethyl adjacent to an activating group) is 1. The number of hydrogen-bond acceptors (Lipinski definition) is 5. The van der Waals surface area contributed by atoms with Gasteiger partial charge in [0.1, 0.15) is 12.1 Å². The normalized spacial score (nSPS) is 20.7. The Morgan fingerprint density at radius 3 is 2.40 bits per heavy atom. The zero-order valence-electron chi connectivity index (χ0n) is 24.1. The van der Waals surface area contributed by atoms with Crippen molar-refractivity contribution in [1.82, 2.24) is 15.1 Å². The number of benzene rings is 3. The van der Waals surface area contributed by atoms with E-state index in [0.717, 1.165) is 5.39 Å². The van der Waals surface area contributed by atoms with E-state index >= 15 is 0 Å². The standard InChI is InChI=1S/C31H35N4O7P/c1-20(36)34-15-14-26-12-13-28(31(39)33(2)25-6-4-3-5-7-25)35(26)30(38)27(18-34)32-29(37)23-11-10-22-9-8-21(16-24(22)17-23)19-43(40,41)42/h3-11,16-17,26-28H,12-15,18-19H2,1-2H3,(H,32,37)(H2,40,41,42)/t26-,27+,28+/m1/s1. The van der Waals surface area contributed by atoms with Crippen molar-refractivity contribution in [3.05, 3.63) is 77.9 Å². The summed E-state index contributed by atoms with van der Waals surface area (Å²) in [5.41, 5.74) is 1.39. The zero-order chi connectivity index (χ0) is 30.9. The van der Waals surface area contributed by atoms with E-state index in [4.69, 9.17) is 0 Å². The Labute approximate surface area is 249 Å². The summed E-state index contributed by atoms with van der Waals surface area (Å²) in [4.78, 5) is 77.1. The van der Waals surface area contributed by atoms with Crippen LogP contribution in [0.15, 0.2) is 66.7 Å². The second-order valence-electron chi connectivity index (χ2n) is 11.2. The SMILES string of the molecule is CC(=O)N1CC[C@H]2CC[C@@H](C(=O)N(C)c3ccccc3)N2C(=O)[C@@H](NC(=O)c2ccc3ccc(CP(=O)(O)O)cc3c2)C1. The maximum Gasteiger partial charge on any atom is 0.329 e. The first-order chi connectivity index (χ1) is 20.4. The average molecular weight is 607 g/mol. The first-order valence-corrected chi connectivity index (χ1v) is 16.0. The number of rotatable bonds is 6. The molecule has 2 heterocycles. The summed E-state index contributed by atoms with van der Waals surface area (Å²) in [6.07, 6.45) is 1.20. The molecule has 2 aliphatic heterocycles. The summed E-state index contributed by atoms with van der Waals surface area (Å²) in [7, 11) is -2.59. The first-order valence-electron chi connectivity index (χ1n) is 14.2. The van der Waals surface area contributed by atoms with Crippen LogP contribution in [0, 0.1) is 0 Å². The highest BCUT2D eigenvalue weighted by Crippen LogP contribution is 2.39. The summed E-state index contributed by atoms with van der Waals surface area (Å²) in [5, 5.41) is 4.21. The van der Waals surface area contributed by atoms with Crippen LogP contribution in [0.25, 0.3) is 10.8 Å². The molecule has 4 amide bonds. The minimum absolute atomic E-state index is 0.0292. The Kier molecular flexibility index (Phi) is 8.69. The lowest BCUT2D eigenvalue weighted by Gasteiger charge is -2.39. The lowest BCUT2D eigenvalue weighted by atomic mass is 10.0. The average Bonchev–Trinajstić information content (AvgIpc) is 3.39. The van der Waals surface area contributed by atoms with E-state index in [1.165, 1.54) is 6.92 Å². The van der Waals surface area contributed by atoms with Crippen LogP contribution >= 0.6 is 7.60 Å². The number of anilines is 1. The van der Waals surface area contributed by atoms with Gasteiger partial charge in [-0.1, -0.05) is 42.5 Å². The molecule has 11 nitrogen and oxygen atoms in total. The Morgan fingerprint density at radius 1 is 0.977 bits per heavy atom. The molecule has 0 aromatic heterocycles. The predicted molar refractivity (Wildman–Crippen MR) is 161 cm³/mol. The lowest BCUT2D eigenvalue weighted by Crippen LogP contribution is -2.61. The molecule has 0 spiro atoms. The number of amides is 4. The summed E-state index contributed by atoms with van der Waals surface area (Å²) in [5.74, 6) is -1.37. The maximum atomic E-state index is 14.1. The van der Waals surface area contributed by atoms with E-state index in [1.54, 1.807) is 58.1 Å². The highest BCUT2D eigenvalue weighted by atomic mass is 31.2. The molecule has 0 unspecified atom stereocenters. The molecular weight excluding hydrogens is 571 g/mol. The summed E-state index contributed by atoms with van der Waals surface area (Å²) in [6, 6.07) is 17.1. The molecule has 0 radical (unpaired) electrons. The fourth-order valence-corrected chi connectivity index (χ4v) is 6.70. The molecule has 12 heteroatoms. The predicted octanol–water partition coefficient (Wildman–Crippen LogP) is 2.89. The lowest BCUT2D eigenvalue weighted by molar-refractivity contribution is -0.144. The minimum atomic E-state index is -4.28. The highest BCUT2D eigenvalue weighted by molar-refractivity contribution is 7.50. The molecule has 0 aliphatic carbocycles. The Balaban J connectivity index is 1.41. The van der Waals surface area contributed by atoms with Crippen LogP contribution in [0.4, 0.5) is 5.69 Å². The third-order valence-corrected chi connectivity index (χ3v) is 9.03. The smallest absolute Gasteiger partial charge is 0.329 e. The summed E-state index contributed by atoms with van der Waals surface area (Å²) >= 11 is 0. The second kappa shape index (κ2) is 12.3. The number of carbonyl (C=O) groups excluding carboxylic acids is 4. The topological polar surface area (TPSA) is 148 Å². The monoisotopic (exact) mass is 606 g/mol. The Hall–Kier alpha value is -4.05. The van der Waals surface area contributed by atoms with Crippen molar-refractivity contribution in [2.75, 3.05) is 25.0 Å². The van der Waals surface area contributed by atoms with Gasteiger partial charge in [0.2, 0.25) is 17.7 Å². The van der Waals surface area contributed by atoms with E-state index in [-0.39, 0.29) is 30.0 Å². The Morgan fingerprint density at radius 2 is 1.70 bits per heavy atom. The Bertz CT molecular complexity index is 1610. The zero-order valence-corrected chi connectivity index (χ0v) is 24.9. The van der Waals surface area contributed by atoms with Gasteiger partial charge in [-0.15, -0.1) is 0 Å². The first kappa shape index (κ1) is 30.4. The molecule has 226 valence electrons. The molecule has 5 rings (SSSR count). The number of fused-ring (bicyclic) bond motifs is 2. The number of para-hydroxylation sites is 1. The molecule has 3 N–H and O–H groups in total. The maximum absolute atomic E-state index is 14.1. The molecule has 0 bridgehead atoms. The molecule has 2 fully saturated rings. The molecule has 0 saturated carbocycles. The van der Waals surface area contributed by atoms with Gasteiger partial charge in [0.05, 0.1) is 6.16 Å². The van der Waals surface area contributed by atoms with Crippen molar-refractivity contribution in [2.45, 2.75) is 50.5 Å². The van der Waals surface area contributed by atoms with E-state index in [0.29, 0.717) is 42.4 Å². The number of nitrogens with zero attached hydrogens (tertiary/aromatic N) is 3.